The number of nitriles is 1. The van der Waals surface area contributed by atoms with E-state index in [1.807, 2.05) is 13.0 Å². The molecule has 2 rings (SSSR count). The molecule has 2 nitrogen and oxygen atoms in total. The maximum absolute atomic E-state index is 13.4. The van der Waals surface area contributed by atoms with Crippen molar-refractivity contribution in [1.82, 2.24) is 0 Å². The van der Waals surface area contributed by atoms with Crippen molar-refractivity contribution in [2.75, 3.05) is 5.32 Å². The van der Waals surface area contributed by atoms with Gasteiger partial charge in [0.15, 0.2) is 0 Å². The Hall–Kier alpha value is -1.56. The maximum Gasteiger partial charge on any atom is 0.125 e. The molecule has 1 aliphatic rings. The number of halogens is 1. The van der Waals surface area contributed by atoms with E-state index in [0.29, 0.717) is 11.6 Å². The summed E-state index contributed by atoms with van der Waals surface area (Å²) in [7, 11) is 0. The fourth-order valence-electron chi connectivity index (χ4n) is 2.88. The van der Waals surface area contributed by atoms with E-state index in [9.17, 15) is 9.65 Å². The van der Waals surface area contributed by atoms with Crippen LogP contribution in [-0.4, -0.2) is 5.54 Å². The lowest BCUT2D eigenvalue weighted by Crippen LogP contribution is -2.41. The fourth-order valence-corrected chi connectivity index (χ4v) is 2.88. The second kappa shape index (κ2) is 4.97. The molecule has 1 aromatic rings. The molecule has 2 atom stereocenters. The van der Waals surface area contributed by atoms with E-state index in [2.05, 4.69) is 18.3 Å². The van der Waals surface area contributed by atoms with Gasteiger partial charge in [0.05, 0.1) is 6.07 Å². The monoisotopic (exact) mass is 246 g/mol. The van der Waals surface area contributed by atoms with Crippen LogP contribution in [0.2, 0.25) is 0 Å². The summed E-state index contributed by atoms with van der Waals surface area (Å²) in [6, 6.07) is 7.25. The zero-order chi connectivity index (χ0) is 13.2. The molecule has 0 saturated heterocycles. The SMILES string of the molecule is Cc1cc(F)cc(NC2(C#N)CCCC(C)C2)c1. The standard InChI is InChI=1S/C15H19FN2/c1-11-4-3-5-15(9-11,10-17)18-14-7-12(2)6-13(16)8-14/h6-8,11,18H,3-5,9H2,1-2H3. The van der Waals surface area contributed by atoms with Crippen molar-refractivity contribution in [3.8, 4) is 6.07 Å². The first kappa shape index (κ1) is 12.9. The van der Waals surface area contributed by atoms with E-state index < -0.39 is 5.54 Å². The normalized spacial score (nSPS) is 27.6. The molecular weight excluding hydrogens is 227 g/mol. The largest absolute Gasteiger partial charge is 0.367 e. The third kappa shape index (κ3) is 2.81. The first-order valence-corrected chi connectivity index (χ1v) is 6.50. The van der Waals surface area contributed by atoms with Gasteiger partial charge in [-0.2, -0.15) is 5.26 Å². The molecule has 0 radical (unpaired) electrons. The lowest BCUT2D eigenvalue weighted by molar-refractivity contribution is 0.308. The molecule has 3 heteroatoms. The van der Waals surface area contributed by atoms with Crippen LogP contribution < -0.4 is 5.32 Å². The van der Waals surface area contributed by atoms with Gasteiger partial charge in [-0.1, -0.05) is 13.3 Å². The van der Waals surface area contributed by atoms with Gasteiger partial charge in [0, 0.05) is 5.69 Å². The van der Waals surface area contributed by atoms with Crippen LogP contribution in [0.25, 0.3) is 0 Å². The van der Waals surface area contributed by atoms with Gasteiger partial charge in [0.25, 0.3) is 0 Å². The van der Waals surface area contributed by atoms with Crippen LogP contribution in [0.1, 0.15) is 38.2 Å². The molecule has 0 aliphatic heterocycles. The molecule has 1 aliphatic carbocycles. The second-order valence-electron chi connectivity index (χ2n) is 5.54. The molecule has 1 aromatic carbocycles. The Morgan fingerprint density at radius 2 is 2.22 bits per heavy atom. The van der Waals surface area contributed by atoms with Gasteiger partial charge in [0.2, 0.25) is 0 Å². The van der Waals surface area contributed by atoms with Crippen LogP contribution in [0.15, 0.2) is 18.2 Å². The highest BCUT2D eigenvalue weighted by Crippen LogP contribution is 2.34. The molecule has 0 aromatic heterocycles. The summed E-state index contributed by atoms with van der Waals surface area (Å²) in [5.74, 6) is 0.287. The number of aryl methyl sites for hydroxylation is 1. The number of anilines is 1. The molecule has 1 fully saturated rings. The minimum atomic E-state index is -0.530. The summed E-state index contributed by atoms with van der Waals surface area (Å²) in [6.07, 6.45) is 3.89. The van der Waals surface area contributed by atoms with Crippen molar-refractivity contribution >= 4 is 5.69 Å². The Morgan fingerprint density at radius 3 is 2.83 bits per heavy atom. The van der Waals surface area contributed by atoms with E-state index in [-0.39, 0.29) is 5.82 Å². The molecule has 1 N–H and O–H groups in total. The molecule has 1 saturated carbocycles. The number of nitrogens with zero attached hydrogens (tertiary/aromatic N) is 1. The number of hydrogen-bond donors (Lipinski definition) is 1. The topological polar surface area (TPSA) is 35.8 Å². The van der Waals surface area contributed by atoms with Gasteiger partial charge >= 0.3 is 0 Å². The maximum atomic E-state index is 13.4. The van der Waals surface area contributed by atoms with Gasteiger partial charge in [-0.3, -0.25) is 0 Å². The average Bonchev–Trinajstić information content (AvgIpc) is 2.27. The van der Waals surface area contributed by atoms with E-state index >= 15 is 0 Å². The fraction of sp³-hybridized carbons (Fsp3) is 0.533. The Kier molecular flexibility index (Phi) is 3.56. The quantitative estimate of drug-likeness (QED) is 0.855. The van der Waals surface area contributed by atoms with Crippen LogP contribution in [0.5, 0.6) is 0 Å². The number of nitrogens with one attached hydrogen (secondary N) is 1. The predicted molar refractivity (Wildman–Crippen MR) is 70.7 cm³/mol. The summed E-state index contributed by atoms with van der Waals surface area (Å²) < 4.78 is 13.4. The lowest BCUT2D eigenvalue weighted by Gasteiger charge is -2.35. The summed E-state index contributed by atoms with van der Waals surface area (Å²) >= 11 is 0. The van der Waals surface area contributed by atoms with Crippen molar-refractivity contribution < 1.29 is 4.39 Å². The minimum Gasteiger partial charge on any atom is -0.367 e. The Morgan fingerprint density at radius 1 is 1.44 bits per heavy atom. The first-order valence-electron chi connectivity index (χ1n) is 6.50. The highest BCUT2D eigenvalue weighted by molar-refractivity contribution is 5.50. The van der Waals surface area contributed by atoms with Gasteiger partial charge < -0.3 is 5.32 Å². The van der Waals surface area contributed by atoms with E-state index in [0.717, 1.165) is 24.8 Å². The summed E-state index contributed by atoms with van der Waals surface area (Å²) in [4.78, 5) is 0. The molecule has 0 heterocycles. The second-order valence-corrected chi connectivity index (χ2v) is 5.54. The Labute approximate surface area is 108 Å². The number of hydrogen-bond acceptors (Lipinski definition) is 2. The van der Waals surface area contributed by atoms with Crippen LogP contribution in [0.3, 0.4) is 0 Å². The molecule has 0 amide bonds. The third-order valence-electron chi connectivity index (χ3n) is 3.64. The van der Waals surface area contributed by atoms with E-state index in [4.69, 9.17) is 0 Å². The van der Waals surface area contributed by atoms with Crippen LogP contribution >= 0.6 is 0 Å². The van der Waals surface area contributed by atoms with E-state index in [1.54, 1.807) is 0 Å². The molecule has 0 spiro atoms. The first-order chi connectivity index (χ1) is 8.53. The van der Waals surface area contributed by atoms with E-state index in [1.165, 1.54) is 18.6 Å². The smallest absolute Gasteiger partial charge is 0.125 e. The van der Waals surface area contributed by atoms with Gasteiger partial charge in [-0.15, -0.1) is 0 Å². The molecular formula is C15H19FN2. The van der Waals surface area contributed by atoms with Crippen molar-refractivity contribution in [2.45, 2.75) is 45.1 Å². The highest BCUT2D eigenvalue weighted by atomic mass is 19.1. The number of rotatable bonds is 2. The van der Waals surface area contributed by atoms with Gasteiger partial charge in [-0.25, -0.2) is 4.39 Å². The van der Waals surface area contributed by atoms with Crippen LogP contribution in [0.4, 0.5) is 10.1 Å². The van der Waals surface area contributed by atoms with Crippen molar-refractivity contribution in [3.63, 3.8) is 0 Å². The van der Waals surface area contributed by atoms with Crippen molar-refractivity contribution in [1.29, 1.82) is 5.26 Å². The Balaban J connectivity index is 2.22. The summed E-state index contributed by atoms with van der Waals surface area (Å²) in [6.45, 7) is 4.03. The Bertz CT molecular complexity index is 458. The lowest BCUT2D eigenvalue weighted by atomic mass is 9.77. The van der Waals surface area contributed by atoms with Gasteiger partial charge in [-0.05, 0) is 55.9 Å². The summed E-state index contributed by atoms with van der Waals surface area (Å²) in [5, 5.41) is 12.7. The molecule has 18 heavy (non-hydrogen) atoms. The zero-order valence-corrected chi connectivity index (χ0v) is 11.0. The third-order valence-corrected chi connectivity index (χ3v) is 3.64. The summed E-state index contributed by atoms with van der Waals surface area (Å²) in [5.41, 5.74) is 1.05. The molecule has 2 unspecified atom stereocenters. The molecule has 96 valence electrons. The van der Waals surface area contributed by atoms with Gasteiger partial charge in [0.1, 0.15) is 11.4 Å². The minimum absolute atomic E-state index is 0.255. The van der Waals surface area contributed by atoms with Crippen molar-refractivity contribution in [3.05, 3.63) is 29.6 Å². The van der Waals surface area contributed by atoms with Crippen molar-refractivity contribution in [2.24, 2.45) is 5.92 Å². The van der Waals surface area contributed by atoms with Crippen LogP contribution in [0, 0.1) is 30.0 Å². The average molecular weight is 246 g/mol. The number of benzene rings is 1. The highest BCUT2D eigenvalue weighted by Gasteiger charge is 2.35. The zero-order valence-electron chi connectivity index (χ0n) is 11.0. The molecule has 0 bridgehead atoms. The van der Waals surface area contributed by atoms with Crippen LogP contribution in [-0.2, 0) is 0 Å². The predicted octanol–water partition coefficient (Wildman–Crippen LogP) is 4.02.